The van der Waals surface area contributed by atoms with Crippen molar-refractivity contribution in [2.75, 3.05) is 30.4 Å². The van der Waals surface area contributed by atoms with Gasteiger partial charge in [0.05, 0.1) is 24.0 Å². The summed E-state index contributed by atoms with van der Waals surface area (Å²) in [7, 11) is 0. The molecule has 9 heteroatoms. The van der Waals surface area contributed by atoms with Crippen LogP contribution < -0.4 is 15.4 Å². The van der Waals surface area contributed by atoms with Crippen molar-refractivity contribution < 1.29 is 29.0 Å². The van der Waals surface area contributed by atoms with Gasteiger partial charge in [0.15, 0.2) is 0 Å². The molecule has 0 saturated carbocycles. The molecule has 0 radical (unpaired) electrons. The van der Waals surface area contributed by atoms with Gasteiger partial charge in [0.25, 0.3) is 0 Å². The van der Waals surface area contributed by atoms with Crippen LogP contribution >= 0.6 is 0 Å². The Balaban J connectivity index is 1.29. The molecular formula is C34H39N3O6. The number of aliphatic hydroxyl groups excluding tert-OH is 1. The second-order valence-corrected chi connectivity index (χ2v) is 12.0. The summed E-state index contributed by atoms with van der Waals surface area (Å²) in [6.07, 6.45) is 3.05. The number of rotatable bonds is 11. The number of unbranched alkanes of at least 4 members (excludes halogenated alkanes) is 2. The van der Waals surface area contributed by atoms with E-state index in [-0.39, 0.29) is 24.3 Å². The van der Waals surface area contributed by atoms with Crippen LogP contribution in [0.4, 0.5) is 11.4 Å². The lowest BCUT2D eigenvalue weighted by molar-refractivity contribution is -0.143. The molecule has 226 valence electrons. The zero-order chi connectivity index (χ0) is 30.2. The maximum absolute atomic E-state index is 14.2. The smallest absolute Gasteiger partial charge is 0.250 e. The Hall–Kier alpha value is -3.95. The van der Waals surface area contributed by atoms with Gasteiger partial charge >= 0.3 is 0 Å². The quantitative estimate of drug-likeness (QED) is 0.280. The number of benzene rings is 3. The van der Waals surface area contributed by atoms with E-state index in [1.54, 1.807) is 29.2 Å². The minimum absolute atomic E-state index is 0.0711. The number of nitrogens with zero attached hydrogens (tertiary/aromatic N) is 1. The number of nitrogens with one attached hydrogen (secondary N) is 2. The van der Waals surface area contributed by atoms with Crippen LogP contribution in [0.15, 0.2) is 66.7 Å². The normalized spacial score (nSPS) is 27.4. The number of aliphatic hydroxyl groups is 1. The van der Waals surface area contributed by atoms with Crippen molar-refractivity contribution >= 4 is 39.9 Å². The SMILES string of the molecule is CCOc1ccc(NC(=O)[C@H]2[C@H]3C(=O)N(CCCCCO)C(C(=O)Nc4ccc5ccccc5c4)C34CC[C@]2(C)O4)cc1. The molecule has 6 rings (SSSR count). The molecule has 3 amide bonds. The molecule has 3 fully saturated rings. The fraction of sp³-hybridized carbons (Fsp3) is 0.441. The molecule has 2 bridgehead atoms. The van der Waals surface area contributed by atoms with Crippen molar-refractivity contribution in [2.45, 2.75) is 63.2 Å². The van der Waals surface area contributed by atoms with E-state index in [9.17, 15) is 19.5 Å². The second-order valence-electron chi connectivity index (χ2n) is 12.0. The van der Waals surface area contributed by atoms with Crippen LogP contribution in [0.3, 0.4) is 0 Å². The monoisotopic (exact) mass is 585 g/mol. The lowest BCUT2D eigenvalue weighted by Crippen LogP contribution is -2.53. The number of hydrogen-bond donors (Lipinski definition) is 3. The summed E-state index contributed by atoms with van der Waals surface area (Å²) in [5, 5.41) is 17.4. The largest absolute Gasteiger partial charge is 0.494 e. The highest BCUT2D eigenvalue weighted by Gasteiger charge is 2.77. The molecule has 3 aliphatic heterocycles. The maximum Gasteiger partial charge on any atom is 0.250 e. The van der Waals surface area contributed by atoms with Crippen molar-refractivity contribution in [1.29, 1.82) is 0 Å². The van der Waals surface area contributed by atoms with Gasteiger partial charge in [-0.15, -0.1) is 0 Å². The standard InChI is InChI=1S/C34H39N3O6/c1-3-42-26-15-13-24(14-16-26)35-30(39)27-28-32(41)37(19-7-4-8-20-38)29(34(28)18-17-33(27,2)43-34)31(40)36-25-12-11-22-9-5-6-10-23(22)21-25/h5-6,9-16,21,27-29,38H,3-4,7-8,17-20H2,1-2H3,(H,35,39)(H,36,40)/t27-,28+,29?,33+,34?/m1/s1. The third-order valence-corrected chi connectivity index (χ3v) is 9.31. The summed E-state index contributed by atoms with van der Waals surface area (Å²) in [4.78, 5) is 43.9. The Kier molecular flexibility index (Phi) is 7.87. The summed E-state index contributed by atoms with van der Waals surface area (Å²) in [5.74, 6) is -1.65. The van der Waals surface area contributed by atoms with Crippen LogP contribution in [0.5, 0.6) is 5.75 Å². The van der Waals surface area contributed by atoms with Crippen LogP contribution in [-0.2, 0) is 19.1 Å². The minimum Gasteiger partial charge on any atom is -0.494 e. The lowest BCUT2D eigenvalue weighted by atomic mass is 9.66. The minimum atomic E-state index is -1.11. The highest BCUT2D eigenvalue weighted by Crippen LogP contribution is 2.63. The zero-order valence-corrected chi connectivity index (χ0v) is 24.7. The van der Waals surface area contributed by atoms with E-state index in [4.69, 9.17) is 9.47 Å². The van der Waals surface area contributed by atoms with E-state index < -0.39 is 29.1 Å². The Morgan fingerprint density at radius 3 is 2.42 bits per heavy atom. The van der Waals surface area contributed by atoms with Gasteiger partial charge in [-0.25, -0.2) is 0 Å². The predicted molar refractivity (Wildman–Crippen MR) is 164 cm³/mol. The first-order valence-corrected chi connectivity index (χ1v) is 15.2. The lowest BCUT2D eigenvalue weighted by Gasteiger charge is -2.33. The Bertz CT molecular complexity index is 1530. The van der Waals surface area contributed by atoms with Crippen molar-refractivity contribution in [1.82, 2.24) is 4.90 Å². The molecule has 3 N–H and O–H groups in total. The molecule has 3 heterocycles. The first-order valence-electron chi connectivity index (χ1n) is 15.2. The first kappa shape index (κ1) is 29.1. The number of carbonyl (C=O) groups is 3. The fourth-order valence-corrected chi connectivity index (χ4v) is 7.44. The van der Waals surface area contributed by atoms with Gasteiger partial charge in [-0.2, -0.15) is 0 Å². The van der Waals surface area contributed by atoms with Gasteiger partial charge in [0.1, 0.15) is 17.4 Å². The van der Waals surface area contributed by atoms with E-state index in [1.807, 2.05) is 56.3 Å². The van der Waals surface area contributed by atoms with E-state index in [1.165, 1.54) is 0 Å². The second kappa shape index (κ2) is 11.6. The highest BCUT2D eigenvalue weighted by atomic mass is 16.5. The Morgan fingerprint density at radius 1 is 0.953 bits per heavy atom. The fourth-order valence-electron chi connectivity index (χ4n) is 7.44. The Labute approximate surface area is 251 Å². The van der Waals surface area contributed by atoms with Crippen LogP contribution in [0.25, 0.3) is 10.8 Å². The van der Waals surface area contributed by atoms with Crippen LogP contribution in [0.1, 0.15) is 46.0 Å². The average molecular weight is 586 g/mol. The van der Waals surface area contributed by atoms with Crippen LogP contribution in [0.2, 0.25) is 0 Å². The number of ether oxygens (including phenoxy) is 2. The van der Waals surface area contributed by atoms with Gasteiger partial charge < -0.3 is 30.1 Å². The molecule has 3 saturated heterocycles. The number of hydrogen-bond acceptors (Lipinski definition) is 6. The van der Waals surface area contributed by atoms with Gasteiger partial charge in [-0.3, -0.25) is 14.4 Å². The summed E-state index contributed by atoms with van der Waals surface area (Å²) in [5.41, 5.74) is -0.740. The van der Waals surface area contributed by atoms with Crippen molar-refractivity contribution in [3.63, 3.8) is 0 Å². The molecule has 2 unspecified atom stereocenters. The molecule has 9 nitrogen and oxygen atoms in total. The highest BCUT2D eigenvalue weighted by molar-refractivity contribution is 6.05. The summed E-state index contributed by atoms with van der Waals surface area (Å²) >= 11 is 0. The number of likely N-dealkylation sites (tertiary alicyclic amines) is 1. The van der Waals surface area contributed by atoms with Gasteiger partial charge in [-0.05, 0) is 93.1 Å². The molecular weight excluding hydrogens is 546 g/mol. The number of carbonyl (C=O) groups excluding carboxylic acids is 3. The third-order valence-electron chi connectivity index (χ3n) is 9.31. The van der Waals surface area contributed by atoms with Gasteiger partial charge in [0, 0.05) is 24.5 Å². The number of fused-ring (bicyclic) bond motifs is 2. The van der Waals surface area contributed by atoms with Crippen molar-refractivity contribution in [3.05, 3.63) is 66.7 Å². The molecule has 43 heavy (non-hydrogen) atoms. The number of amides is 3. The van der Waals surface area contributed by atoms with E-state index in [0.29, 0.717) is 56.0 Å². The van der Waals surface area contributed by atoms with Crippen molar-refractivity contribution in [2.24, 2.45) is 11.8 Å². The topological polar surface area (TPSA) is 117 Å². The van der Waals surface area contributed by atoms with E-state index in [2.05, 4.69) is 10.6 Å². The van der Waals surface area contributed by atoms with E-state index >= 15 is 0 Å². The van der Waals surface area contributed by atoms with Crippen molar-refractivity contribution in [3.8, 4) is 5.75 Å². The average Bonchev–Trinajstić information content (AvgIpc) is 3.57. The van der Waals surface area contributed by atoms with Crippen LogP contribution in [-0.4, -0.2) is 64.7 Å². The molecule has 0 aliphatic carbocycles. The predicted octanol–water partition coefficient (Wildman–Crippen LogP) is 4.74. The summed E-state index contributed by atoms with van der Waals surface area (Å²) in [6.45, 7) is 4.76. The van der Waals surface area contributed by atoms with Gasteiger partial charge in [-0.1, -0.05) is 30.3 Å². The molecule has 3 aliphatic rings. The van der Waals surface area contributed by atoms with E-state index in [0.717, 1.165) is 17.2 Å². The van der Waals surface area contributed by atoms with Gasteiger partial charge in [0.2, 0.25) is 17.7 Å². The molecule has 5 atom stereocenters. The first-order chi connectivity index (χ1) is 20.8. The maximum atomic E-state index is 14.2. The zero-order valence-electron chi connectivity index (χ0n) is 24.7. The third kappa shape index (κ3) is 5.14. The summed E-state index contributed by atoms with van der Waals surface area (Å²) < 4.78 is 12.2. The molecule has 3 aromatic carbocycles. The molecule has 3 aromatic rings. The molecule has 0 aromatic heterocycles. The molecule has 1 spiro atoms. The van der Waals surface area contributed by atoms with Crippen LogP contribution in [0, 0.1) is 11.8 Å². The summed E-state index contributed by atoms with van der Waals surface area (Å²) in [6, 6.07) is 19.9. The number of anilines is 2. The Morgan fingerprint density at radius 2 is 1.67 bits per heavy atom.